The van der Waals surface area contributed by atoms with E-state index in [0.29, 0.717) is 11.6 Å². The Labute approximate surface area is 134 Å². The highest BCUT2D eigenvalue weighted by molar-refractivity contribution is 7.17. The van der Waals surface area contributed by atoms with Crippen LogP contribution in [0.1, 0.15) is 37.2 Å². The lowest BCUT2D eigenvalue weighted by Gasteiger charge is -2.56. The Morgan fingerprint density at radius 3 is 2.91 bits per heavy atom. The van der Waals surface area contributed by atoms with E-state index in [0.717, 1.165) is 23.2 Å². The van der Waals surface area contributed by atoms with E-state index in [1.54, 1.807) is 17.5 Å². The molecule has 1 amide bonds. The lowest BCUT2D eigenvalue weighted by Crippen LogP contribution is -2.69. The average molecular weight is 315 g/mol. The van der Waals surface area contributed by atoms with Crippen molar-refractivity contribution in [3.05, 3.63) is 29.4 Å². The summed E-state index contributed by atoms with van der Waals surface area (Å²) in [4.78, 5) is 19.5. The fourth-order valence-corrected chi connectivity index (χ4v) is 4.82. The monoisotopic (exact) mass is 315 g/mol. The van der Waals surface area contributed by atoms with Crippen LogP contribution in [0.15, 0.2) is 23.7 Å². The number of aromatic nitrogens is 1. The topological polar surface area (TPSA) is 45.2 Å². The Balaban J connectivity index is 1.58. The molecule has 5 rings (SSSR count). The van der Waals surface area contributed by atoms with Gasteiger partial charge >= 0.3 is 0 Å². The molecule has 1 atom stereocenters. The van der Waals surface area contributed by atoms with E-state index >= 15 is 0 Å². The van der Waals surface area contributed by atoms with Gasteiger partial charge in [-0.2, -0.15) is 0 Å². The molecule has 2 aromatic rings. The second kappa shape index (κ2) is 5.03. The quantitative estimate of drug-likeness (QED) is 0.927. The molecule has 0 aromatic carbocycles. The molecule has 2 bridgehead atoms. The summed E-state index contributed by atoms with van der Waals surface area (Å²) in [5, 5.41) is 6.40. The van der Waals surface area contributed by atoms with E-state index in [1.807, 2.05) is 17.5 Å². The van der Waals surface area contributed by atoms with Crippen LogP contribution in [0.3, 0.4) is 0 Å². The predicted molar refractivity (Wildman–Crippen MR) is 89.3 cm³/mol. The van der Waals surface area contributed by atoms with Gasteiger partial charge in [-0.15, -0.1) is 11.3 Å². The fraction of sp³-hybridized carbons (Fsp3) is 0.529. The maximum Gasteiger partial charge on any atom is 0.270 e. The molecule has 4 nitrogen and oxygen atoms in total. The number of nitrogens with one attached hydrogen (secondary N) is 1. The van der Waals surface area contributed by atoms with Crippen LogP contribution in [0.5, 0.6) is 0 Å². The summed E-state index contributed by atoms with van der Waals surface area (Å²) in [6.07, 6.45) is 4.17. The van der Waals surface area contributed by atoms with Gasteiger partial charge in [0.1, 0.15) is 5.69 Å². The molecule has 5 heteroatoms. The van der Waals surface area contributed by atoms with E-state index in [2.05, 4.69) is 29.0 Å². The molecule has 0 aliphatic carbocycles. The average Bonchev–Trinajstić information content (AvgIpc) is 2.98. The second-order valence-electron chi connectivity index (χ2n) is 6.96. The third-order valence-electron chi connectivity index (χ3n) is 5.45. The number of carbonyl (C=O) groups is 1. The van der Waals surface area contributed by atoms with E-state index in [9.17, 15) is 4.79 Å². The largest absolute Gasteiger partial charge is 0.346 e. The first kappa shape index (κ1) is 14.2. The number of fused-ring (bicyclic) bond motifs is 4. The number of hydrogen-bond acceptors (Lipinski definition) is 4. The third kappa shape index (κ3) is 2.15. The molecule has 3 aliphatic rings. The molecule has 3 aliphatic heterocycles. The standard InChI is InChI=1S/C17H21N3OS/c1-17(2)15(11-3-6-20(17)7-4-11)19-16(21)13-9-12-5-8-22-14(12)10-18-13/h5,8-11,15H,3-4,6-7H2,1-2H3,(H,19,21). The summed E-state index contributed by atoms with van der Waals surface area (Å²) in [6.45, 7) is 6.81. The van der Waals surface area contributed by atoms with Crippen LogP contribution in [0.2, 0.25) is 0 Å². The van der Waals surface area contributed by atoms with Crippen molar-refractivity contribution in [3.63, 3.8) is 0 Å². The Bertz CT molecular complexity index is 716. The van der Waals surface area contributed by atoms with Crippen LogP contribution < -0.4 is 5.32 Å². The Hall–Kier alpha value is -1.46. The number of rotatable bonds is 2. The van der Waals surface area contributed by atoms with Crippen LogP contribution in [0, 0.1) is 5.92 Å². The molecular weight excluding hydrogens is 294 g/mol. The maximum absolute atomic E-state index is 12.7. The zero-order chi connectivity index (χ0) is 15.3. The zero-order valence-electron chi connectivity index (χ0n) is 13.0. The number of piperidine rings is 3. The van der Waals surface area contributed by atoms with Gasteiger partial charge in [0.05, 0.1) is 4.70 Å². The maximum atomic E-state index is 12.7. The van der Waals surface area contributed by atoms with Crippen molar-refractivity contribution in [3.8, 4) is 0 Å². The van der Waals surface area contributed by atoms with Gasteiger partial charge in [-0.1, -0.05) is 0 Å². The molecule has 0 radical (unpaired) electrons. The van der Waals surface area contributed by atoms with Gasteiger partial charge in [0.15, 0.2) is 0 Å². The molecule has 1 unspecified atom stereocenters. The van der Waals surface area contributed by atoms with E-state index in [4.69, 9.17) is 0 Å². The number of thiophene rings is 1. The molecular formula is C17H21N3OS. The van der Waals surface area contributed by atoms with Gasteiger partial charge in [0.2, 0.25) is 0 Å². The van der Waals surface area contributed by atoms with Crippen LogP contribution in [-0.4, -0.2) is 40.5 Å². The summed E-state index contributed by atoms with van der Waals surface area (Å²) in [6, 6.07) is 4.15. The molecule has 116 valence electrons. The van der Waals surface area contributed by atoms with Gasteiger partial charge in [-0.05, 0) is 68.6 Å². The Kier molecular flexibility index (Phi) is 3.24. The van der Waals surface area contributed by atoms with Crippen molar-refractivity contribution in [1.29, 1.82) is 0 Å². The fourth-order valence-electron chi connectivity index (χ4n) is 4.08. The Morgan fingerprint density at radius 2 is 2.18 bits per heavy atom. The van der Waals surface area contributed by atoms with Crippen LogP contribution in [0.4, 0.5) is 0 Å². The van der Waals surface area contributed by atoms with Crippen molar-refractivity contribution in [2.24, 2.45) is 5.92 Å². The first-order valence-corrected chi connectivity index (χ1v) is 8.83. The molecule has 1 N–H and O–H groups in total. The summed E-state index contributed by atoms with van der Waals surface area (Å²) in [5.41, 5.74) is 0.557. The van der Waals surface area contributed by atoms with Gasteiger partial charge in [-0.25, -0.2) is 4.98 Å². The van der Waals surface area contributed by atoms with E-state index in [-0.39, 0.29) is 17.5 Å². The minimum Gasteiger partial charge on any atom is -0.346 e. The van der Waals surface area contributed by atoms with Crippen molar-refractivity contribution in [2.45, 2.75) is 38.3 Å². The van der Waals surface area contributed by atoms with E-state index < -0.39 is 0 Å². The van der Waals surface area contributed by atoms with Crippen LogP contribution >= 0.6 is 11.3 Å². The van der Waals surface area contributed by atoms with E-state index in [1.165, 1.54) is 12.8 Å². The molecule has 3 fully saturated rings. The first-order chi connectivity index (χ1) is 10.6. The summed E-state index contributed by atoms with van der Waals surface area (Å²) >= 11 is 1.65. The SMILES string of the molecule is CC1(C)C(NC(=O)c2cc3ccsc3cn2)C2CCN1CC2. The lowest BCUT2D eigenvalue weighted by molar-refractivity contribution is -0.0378. The van der Waals surface area contributed by atoms with Crippen molar-refractivity contribution >= 4 is 27.3 Å². The van der Waals surface area contributed by atoms with Gasteiger partial charge < -0.3 is 5.32 Å². The van der Waals surface area contributed by atoms with Gasteiger partial charge in [0.25, 0.3) is 5.91 Å². The zero-order valence-corrected chi connectivity index (χ0v) is 13.8. The van der Waals surface area contributed by atoms with Crippen LogP contribution in [0.25, 0.3) is 10.1 Å². The van der Waals surface area contributed by atoms with Crippen molar-refractivity contribution in [1.82, 2.24) is 15.2 Å². The van der Waals surface area contributed by atoms with Crippen LogP contribution in [-0.2, 0) is 0 Å². The number of amides is 1. The smallest absolute Gasteiger partial charge is 0.270 e. The molecule has 22 heavy (non-hydrogen) atoms. The molecule has 0 saturated carbocycles. The molecule has 2 aromatic heterocycles. The van der Waals surface area contributed by atoms with Crippen molar-refractivity contribution in [2.75, 3.05) is 13.1 Å². The molecule has 3 saturated heterocycles. The number of carbonyl (C=O) groups excluding carboxylic acids is 1. The normalized spacial score (nSPS) is 29.6. The van der Waals surface area contributed by atoms with Crippen molar-refractivity contribution < 1.29 is 4.79 Å². The molecule has 5 heterocycles. The summed E-state index contributed by atoms with van der Waals surface area (Å²) in [5.74, 6) is 0.550. The van der Waals surface area contributed by atoms with Gasteiger partial charge in [-0.3, -0.25) is 9.69 Å². The minimum absolute atomic E-state index is 0.0311. The summed E-state index contributed by atoms with van der Waals surface area (Å²) in [7, 11) is 0. The predicted octanol–water partition coefficient (Wildman–Crippen LogP) is 2.90. The minimum atomic E-state index is -0.0417. The summed E-state index contributed by atoms with van der Waals surface area (Å²) < 4.78 is 1.12. The number of nitrogens with zero attached hydrogens (tertiary/aromatic N) is 2. The lowest BCUT2D eigenvalue weighted by atomic mass is 9.72. The third-order valence-corrected chi connectivity index (χ3v) is 6.31. The highest BCUT2D eigenvalue weighted by Crippen LogP contribution is 2.39. The number of pyridine rings is 1. The Morgan fingerprint density at radius 1 is 1.41 bits per heavy atom. The first-order valence-electron chi connectivity index (χ1n) is 7.95. The second-order valence-corrected chi connectivity index (χ2v) is 7.90. The molecule has 0 spiro atoms. The highest BCUT2D eigenvalue weighted by atomic mass is 32.1. The highest BCUT2D eigenvalue weighted by Gasteiger charge is 2.48. The number of hydrogen-bond donors (Lipinski definition) is 1. The van der Waals surface area contributed by atoms with Gasteiger partial charge in [0, 0.05) is 17.8 Å².